The van der Waals surface area contributed by atoms with E-state index >= 15 is 0 Å². The SMILES string of the molecule is C[Si](C)(C)CCOCN(COCC[Si](C)(C)C)c1cc(C2CCC(CC(=O)O)CC2)nc2c(-c3cnn(-c4ccccc4)c3)cnn12. The Balaban J connectivity index is 1.50. The van der Waals surface area contributed by atoms with Crippen molar-refractivity contribution >= 4 is 33.6 Å². The topological polar surface area (TPSA) is 107 Å². The van der Waals surface area contributed by atoms with Crippen LogP contribution in [0.2, 0.25) is 51.4 Å². The number of carboxylic acid groups (broad SMARTS) is 1. The summed E-state index contributed by atoms with van der Waals surface area (Å²) in [6, 6.07) is 14.4. The molecular weight excluding hydrogens is 625 g/mol. The number of rotatable bonds is 16. The van der Waals surface area contributed by atoms with Crippen LogP contribution in [0.3, 0.4) is 0 Å². The number of hydrogen-bond acceptors (Lipinski definition) is 7. The second-order valence-electron chi connectivity index (χ2n) is 15.4. The van der Waals surface area contributed by atoms with E-state index in [1.54, 1.807) is 0 Å². The van der Waals surface area contributed by atoms with Crippen LogP contribution < -0.4 is 4.90 Å². The van der Waals surface area contributed by atoms with Gasteiger partial charge in [-0.25, -0.2) is 9.67 Å². The predicted octanol–water partition coefficient (Wildman–Crippen LogP) is 7.76. The third-order valence-electron chi connectivity index (χ3n) is 8.93. The molecule has 10 nitrogen and oxygen atoms in total. The maximum absolute atomic E-state index is 11.4. The first kappa shape index (κ1) is 35.0. The maximum atomic E-state index is 11.4. The van der Waals surface area contributed by atoms with Crippen molar-refractivity contribution in [2.45, 2.75) is 89.4 Å². The molecule has 1 saturated carbocycles. The molecule has 1 aromatic carbocycles. The Morgan fingerprint density at radius 3 is 2.15 bits per heavy atom. The van der Waals surface area contributed by atoms with Crippen molar-refractivity contribution in [1.29, 1.82) is 0 Å². The minimum atomic E-state index is -1.25. The van der Waals surface area contributed by atoms with Gasteiger partial charge in [0.1, 0.15) is 19.3 Å². The molecule has 0 bridgehead atoms. The van der Waals surface area contributed by atoms with Crippen molar-refractivity contribution < 1.29 is 19.4 Å². The van der Waals surface area contributed by atoms with Gasteiger partial charge in [0.15, 0.2) is 5.65 Å². The Hall–Kier alpha value is -3.33. The van der Waals surface area contributed by atoms with Crippen molar-refractivity contribution in [2.24, 2.45) is 5.92 Å². The van der Waals surface area contributed by atoms with Gasteiger partial charge in [-0.15, -0.1) is 0 Å². The van der Waals surface area contributed by atoms with E-state index in [0.29, 0.717) is 26.7 Å². The molecule has 0 atom stereocenters. The van der Waals surface area contributed by atoms with Crippen molar-refractivity contribution in [1.82, 2.24) is 24.4 Å². The fourth-order valence-electron chi connectivity index (χ4n) is 5.97. The first-order chi connectivity index (χ1) is 22.4. The summed E-state index contributed by atoms with van der Waals surface area (Å²) in [5.74, 6) is 0.632. The summed E-state index contributed by atoms with van der Waals surface area (Å²) in [6.45, 7) is 16.4. The number of para-hydroxylation sites is 1. The van der Waals surface area contributed by atoms with Crippen LogP contribution in [0.1, 0.15) is 43.7 Å². The summed E-state index contributed by atoms with van der Waals surface area (Å²) in [5, 5.41) is 18.9. The van der Waals surface area contributed by atoms with E-state index in [-0.39, 0.29) is 18.3 Å². The normalized spacial score (nSPS) is 17.3. The highest BCUT2D eigenvalue weighted by atomic mass is 28.3. The molecule has 3 aromatic heterocycles. The fraction of sp³-hybridized carbons (Fsp3) is 0.543. The van der Waals surface area contributed by atoms with Crippen molar-refractivity contribution in [3.63, 3.8) is 0 Å². The van der Waals surface area contributed by atoms with E-state index in [4.69, 9.17) is 19.6 Å². The molecule has 0 spiro atoms. The van der Waals surface area contributed by atoms with Gasteiger partial charge >= 0.3 is 5.97 Å². The monoisotopic (exact) mass is 676 g/mol. The number of nitrogens with zero attached hydrogens (tertiary/aromatic N) is 6. The van der Waals surface area contributed by atoms with E-state index in [0.717, 1.165) is 71.7 Å². The second-order valence-corrected chi connectivity index (χ2v) is 26.6. The smallest absolute Gasteiger partial charge is 0.303 e. The lowest BCUT2D eigenvalue weighted by atomic mass is 9.79. The van der Waals surface area contributed by atoms with Crippen LogP contribution in [-0.4, -0.2) is 78.3 Å². The van der Waals surface area contributed by atoms with Crippen LogP contribution in [0.4, 0.5) is 5.82 Å². The highest BCUT2D eigenvalue weighted by Gasteiger charge is 2.28. The molecule has 1 aliphatic rings. The zero-order valence-electron chi connectivity index (χ0n) is 29.0. The van der Waals surface area contributed by atoms with Gasteiger partial charge in [-0.2, -0.15) is 14.7 Å². The number of aliphatic carboxylic acids is 1. The molecule has 3 heterocycles. The molecule has 0 saturated heterocycles. The van der Waals surface area contributed by atoms with Crippen LogP contribution in [0.5, 0.6) is 0 Å². The van der Waals surface area contributed by atoms with Gasteiger partial charge in [-0.05, 0) is 55.8 Å². The van der Waals surface area contributed by atoms with Crippen LogP contribution in [0.15, 0.2) is 55.0 Å². The number of aromatic nitrogens is 5. The Bertz CT molecular complexity index is 1580. The summed E-state index contributed by atoms with van der Waals surface area (Å²) in [5.41, 5.74) is 4.61. The number of anilines is 1. The summed E-state index contributed by atoms with van der Waals surface area (Å²) < 4.78 is 16.4. The van der Waals surface area contributed by atoms with Crippen LogP contribution >= 0.6 is 0 Å². The number of fused-ring (bicyclic) bond motifs is 1. The Morgan fingerprint density at radius 2 is 1.55 bits per heavy atom. The van der Waals surface area contributed by atoms with Gasteiger partial charge in [0.05, 0.1) is 18.1 Å². The summed E-state index contributed by atoms with van der Waals surface area (Å²) in [6.07, 6.45) is 9.60. The first-order valence-electron chi connectivity index (χ1n) is 17.0. The van der Waals surface area contributed by atoms with Crippen molar-refractivity contribution in [3.8, 4) is 16.8 Å². The average Bonchev–Trinajstić information content (AvgIpc) is 3.67. The molecule has 254 valence electrons. The fourth-order valence-corrected chi connectivity index (χ4v) is 7.49. The van der Waals surface area contributed by atoms with Gasteiger partial charge < -0.3 is 19.5 Å². The summed E-state index contributed by atoms with van der Waals surface area (Å²) >= 11 is 0. The molecule has 0 unspecified atom stereocenters. The molecule has 0 radical (unpaired) electrons. The van der Waals surface area contributed by atoms with E-state index in [1.807, 2.05) is 58.1 Å². The average molecular weight is 677 g/mol. The summed E-state index contributed by atoms with van der Waals surface area (Å²) in [4.78, 5) is 18.8. The lowest BCUT2D eigenvalue weighted by molar-refractivity contribution is -0.138. The molecule has 4 aromatic rings. The molecule has 1 N–H and O–H groups in total. The van der Waals surface area contributed by atoms with E-state index in [2.05, 4.69) is 55.3 Å². The molecule has 5 rings (SSSR count). The minimum Gasteiger partial charge on any atom is -0.481 e. The lowest BCUT2D eigenvalue weighted by Crippen LogP contribution is -2.33. The molecule has 0 amide bonds. The van der Waals surface area contributed by atoms with Gasteiger partial charge in [0, 0.05) is 70.8 Å². The predicted molar refractivity (Wildman–Crippen MR) is 193 cm³/mol. The van der Waals surface area contributed by atoms with Crippen molar-refractivity contribution in [3.05, 3.63) is 60.7 Å². The Kier molecular flexibility index (Phi) is 11.4. The number of ether oxygens (including phenoxy) is 2. The van der Waals surface area contributed by atoms with E-state index in [9.17, 15) is 9.90 Å². The first-order valence-corrected chi connectivity index (χ1v) is 24.4. The standard InChI is InChI=1S/C35H52N6O4Si2/c1-46(2,3)18-16-44-25-39(26-45-17-19-47(4,5)6)33-21-32(28-14-12-27(13-15-28)20-34(42)43)38-35-31(23-37-41(33)35)29-22-36-40(24-29)30-10-8-7-9-11-30/h7-11,21-24,27-28H,12-20,25-26H2,1-6H3,(H,42,43). The Morgan fingerprint density at radius 1 is 0.915 bits per heavy atom. The third-order valence-corrected chi connectivity index (χ3v) is 12.3. The molecule has 12 heteroatoms. The summed E-state index contributed by atoms with van der Waals surface area (Å²) in [7, 11) is -2.50. The second kappa shape index (κ2) is 15.3. The van der Waals surface area contributed by atoms with Crippen LogP contribution in [0, 0.1) is 5.92 Å². The zero-order valence-corrected chi connectivity index (χ0v) is 31.0. The van der Waals surface area contributed by atoms with Gasteiger partial charge in [0.2, 0.25) is 0 Å². The Labute approximate surface area is 281 Å². The number of benzene rings is 1. The molecule has 0 aliphatic heterocycles. The molecule has 1 aliphatic carbocycles. The number of hydrogen-bond donors (Lipinski definition) is 1. The molecular formula is C35H52N6O4Si2. The van der Waals surface area contributed by atoms with E-state index in [1.165, 1.54) is 0 Å². The van der Waals surface area contributed by atoms with Gasteiger partial charge in [-0.1, -0.05) is 57.5 Å². The largest absolute Gasteiger partial charge is 0.481 e. The van der Waals surface area contributed by atoms with E-state index < -0.39 is 22.1 Å². The highest BCUT2D eigenvalue weighted by molar-refractivity contribution is 6.76. The number of carboxylic acids is 1. The zero-order chi connectivity index (χ0) is 33.6. The van der Waals surface area contributed by atoms with Gasteiger partial charge in [0.25, 0.3) is 0 Å². The van der Waals surface area contributed by atoms with Crippen LogP contribution in [0.25, 0.3) is 22.5 Å². The highest BCUT2D eigenvalue weighted by Crippen LogP contribution is 2.38. The van der Waals surface area contributed by atoms with Crippen molar-refractivity contribution in [2.75, 3.05) is 31.6 Å². The van der Waals surface area contributed by atoms with Crippen LogP contribution in [-0.2, 0) is 14.3 Å². The molecule has 47 heavy (non-hydrogen) atoms. The molecule has 1 fully saturated rings. The minimum absolute atomic E-state index is 0.220. The third kappa shape index (κ3) is 9.85. The lowest BCUT2D eigenvalue weighted by Gasteiger charge is -2.30. The number of carbonyl (C=O) groups is 1. The maximum Gasteiger partial charge on any atom is 0.303 e. The quantitative estimate of drug-likeness (QED) is 0.0729. The van der Waals surface area contributed by atoms with Gasteiger partial charge in [-0.3, -0.25) is 4.79 Å².